The largest absolute Gasteiger partial charge is 0.332 e. The second-order valence-electron chi connectivity index (χ2n) is 6.07. The first kappa shape index (κ1) is 16.2. The molecule has 0 saturated carbocycles. The number of imidazole rings is 1. The number of hydrogen-bond donors (Lipinski definition) is 0. The monoisotopic (exact) mass is 333 g/mol. The molecule has 0 bridgehead atoms. The molecular formula is C17H23N3O2S. The fourth-order valence-corrected chi connectivity index (χ4v) is 4.74. The topological polar surface area (TPSA) is 55.2 Å². The Balaban J connectivity index is 1.82. The van der Waals surface area contributed by atoms with Crippen LogP contribution in [0.1, 0.15) is 37.2 Å². The molecule has 1 aromatic heterocycles. The van der Waals surface area contributed by atoms with E-state index in [4.69, 9.17) is 0 Å². The zero-order valence-corrected chi connectivity index (χ0v) is 14.5. The lowest BCUT2D eigenvalue weighted by Gasteiger charge is -2.17. The minimum Gasteiger partial charge on any atom is -0.332 e. The highest BCUT2D eigenvalue weighted by molar-refractivity contribution is 7.89. The van der Waals surface area contributed by atoms with E-state index >= 15 is 0 Å². The zero-order valence-electron chi connectivity index (χ0n) is 13.6. The average molecular weight is 333 g/mol. The molecule has 2 heterocycles. The molecule has 1 aliphatic heterocycles. The molecule has 1 atom stereocenters. The third-order valence-corrected chi connectivity index (χ3v) is 6.31. The Labute approximate surface area is 138 Å². The molecule has 1 fully saturated rings. The van der Waals surface area contributed by atoms with Crippen molar-refractivity contribution in [1.82, 2.24) is 13.9 Å². The number of sulfonamides is 1. The van der Waals surface area contributed by atoms with Gasteiger partial charge in [-0.25, -0.2) is 13.4 Å². The number of nitrogens with zero attached hydrogens (tertiary/aromatic N) is 3. The summed E-state index contributed by atoms with van der Waals surface area (Å²) in [7, 11) is -3.40. The lowest BCUT2D eigenvalue weighted by molar-refractivity contribution is 0.468. The van der Waals surface area contributed by atoms with Gasteiger partial charge < -0.3 is 4.57 Å². The van der Waals surface area contributed by atoms with E-state index in [2.05, 4.69) is 23.4 Å². The van der Waals surface area contributed by atoms with Crippen molar-refractivity contribution in [1.29, 1.82) is 0 Å². The molecule has 1 unspecified atom stereocenters. The summed E-state index contributed by atoms with van der Waals surface area (Å²) in [5.41, 5.74) is 1.14. The van der Waals surface area contributed by atoms with Crippen LogP contribution in [0.15, 0.2) is 41.4 Å². The number of hydrogen-bond acceptors (Lipinski definition) is 3. The van der Waals surface area contributed by atoms with E-state index in [1.54, 1.807) is 28.6 Å². The molecule has 124 valence electrons. The Morgan fingerprint density at radius 3 is 2.70 bits per heavy atom. The SMILES string of the molecule is CCCn1c(C)cnc1C1CCN(S(=O)(=O)c2ccccc2)C1. The Morgan fingerprint density at radius 2 is 2.00 bits per heavy atom. The minimum atomic E-state index is -3.40. The molecule has 1 aliphatic rings. The molecule has 2 aromatic rings. The predicted octanol–water partition coefficient (Wildman–Crippen LogP) is 2.78. The van der Waals surface area contributed by atoms with Gasteiger partial charge in [-0.05, 0) is 31.9 Å². The first-order chi connectivity index (χ1) is 11.0. The van der Waals surface area contributed by atoms with Crippen LogP contribution >= 0.6 is 0 Å². The van der Waals surface area contributed by atoms with Crippen molar-refractivity contribution in [2.24, 2.45) is 0 Å². The molecule has 23 heavy (non-hydrogen) atoms. The van der Waals surface area contributed by atoms with Gasteiger partial charge in [0.2, 0.25) is 10.0 Å². The van der Waals surface area contributed by atoms with Crippen molar-refractivity contribution in [2.45, 2.75) is 44.0 Å². The van der Waals surface area contributed by atoms with Crippen molar-refractivity contribution < 1.29 is 8.42 Å². The van der Waals surface area contributed by atoms with Gasteiger partial charge in [0.15, 0.2) is 0 Å². The van der Waals surface area contributed by atoms with E-state index in [1.807, 2.05) is 12.3 Å². The highest BCUT2D eigenvalue weighted by atomic mass is 32.2. The van der Waals surface area contributed by atoms with E-state index in [0.29, 0.717) is 18.0 Å². The fourth-order valence-electron chi connectivity index (χ4n) is 3.22. The quantitative estimate of drug-likeness (QED) is 0.845. The Hall–Kier alpha value is -1.66. The lowest BCUT2D eigenvalue weighted by Crippen LogP contribution is -2.29. The molecular weight excluding hydrogens is 310 g/mol. The Bertz CT molecular complexity index is 768. The maximum atomic E-state index is 12.7. The molecule has 0 radical (unpaired) electrons. The van der Waals surface area contributed by atoms with Gasteiger partial charge in [0.25, 0.3) is 0 Å². The van der Waals surface area contributed by atoms with Crippen LogP contribution in [0, 0.1) is 6.92 Å². The smallest absolute Gasteiger partial charge is 0.243 e. The average Bonchev–Trinajstić information content (AvgIpc) is 3.17. The van der Waals surface area contributed by atoms with Gasteiger partial charge in [0.05, 0.1) is 4.90 Å². The summed E-state index contributed by atoms with van der Waals surface area (Å²) >= 11 is 0. The summed E-state index contributed by atoms with van der Waals surface area (Å²) in [6.45, 7) is 6.20. The van der Waals surface area contributed by atoms with Crippen LogP contribution in [-0.2, 0) is 16.6 Å². The zero-order chi connectivity index (χ0) is 16.4. The molecule has 0 spiro atoms. The van der Waals surface area contributed by atoms with Crippen molar-refractivity contribution in [3.05, 3.63) is 48.0 Å². The molecule has 1 aromatic carbocycles. The normalized spacial score (nSPS) is 19.3. The van der Waals surface area contributed by atoms with Gasteiger partial charge in [-0.3, -0.25) is 0 Å². The summed E-state index contributed by atoms with van der Waals surface area (Å²) in [5.74, 6) is 1.20. The lowest BCUT2D eigenvalue weighted by atomic mass is 10.1. The summed E-state index contributed by atoms with van der Waals surface area (Å²) in [6, 6.07) is 8.67. The van der Waals surface area contributed by atoms with Gasteiger partial charge in [0.1, 0.15) is 5.82 Å². The molecule has 1 saturated heterocycles. The van der Waals surface area contributed by atoms with Gasteiger partial charge in [-0.15, -0.1) is 0 Å². The molecule has 0 aliphatic carbocycles. The summed E-state index contributed by atoms with van der Waals surface area (Å²) in [4.78, 5) is 4.92. The van der Waals surface area contributed by atoms with E-state index in [-0.39, 0.29) is 5.92 Å². The number of rotatable bonds is 5. The van der Waals surface area contributed by atoms with Gasteiger partial charge in [-0.2, -0.15) is 4.31 Å². The summed E-state index contributed by atoms with van der Waals surface area (Å²) < 4.78 is 29.3. The third kappa shape index (κ3) is 3.05. The maximum absolute atomic E-state index is 12.7. The standard InChI is InChI=1S/C17H23N3O2S/c1-3-10-20-14(2)12-18-17(20)15-9-11-19(13-15)23(21,22)16-7-5-4-6-8-16/h4-8,12,15H,3,9-11,13H2,1-2H3. The molecule has 0 amide bonds. The summed E-state index contributed by atoms with van der Waals surface area (Å²) in [5, 5.41) is 0. The van der Waals surface area contributed by atoms with Crippen molar-refractivity contribution in [3.8, 4) is 0 Å². The van der Waals surface area contributed by atoms with Crippen LogP contribution in [0.2, 0.25) is 0 Å². The van der Waals surface area contributed by atoms with Crippen molar-refractivity contribution in [2.75, 3.05) is 13.1 Å². The fraction of sp³-hybridized carbons (Fsp3) is 0.471. The Morgan fingerprint density at radius 1 is 1.26 bits per heavy atom. The first-order valence-electron chi connectivity index (χ1n) is 8.11. The second-order valence-corrected chi connectivity index (χ2v) is 8.01. The van der Waals surface area contributed by atoms with E-state index in [9.17, 15) is 8.42 Å². The predicted molar refractivity (Wildman–Crippen MR) is 89.8 cm³/mol. The highest BCUT2D eigenvalue weighted by Gasteiger charge is 2.35. The maximum Gasteiger partial charge on any atom is 0.243 e. The highest BCUT2D eigenvalue weighted by Crippen LogP contribution is 2.31. The van der Waals surface area contributed by atoms with Crippen LogP contribution in [0.5, 0.6) is 0 Å². The van der Waals surface area contributed by atoms with Gasteiger partial charge in [-0.1, -0.05) is 25.1 Å². The number of aryl methyl sites for hydroxylation is 1. The summed E-state index contributed by atoms with van der Waals surface area (Å²) in [6.07, 6.45) is 3.76. The number of aromatic nitrogens is 2. The van der Waals surface area contributed by atoms with E-state index in [0.717, 1.165) is 30.9 Å². The Kier molecular flexibility index (Phi) is 4.55. The van der Waals surface area contributed by atoms with Crippen LogP contribution in [0.25, 0.3) is 0 Å². The first-order valence-corrected chi connectivity index (χ1v) is 9.55. The molecule has 5 nitrogen and oxygen atoms in total. The van der Waals surface area contributed by atoms with Crippen LogP contribution < -0.4 is 0 Å². The van der Waals surface area contributed by atoms with Crippen LogP contribution in [0.4, 0.5) is 0 Å². The van der Waals surface area contributed by atoms with Crippen LogP contribution in [-0.4, -0.2) is 35.4 Å². The van der Waals surface area contributed by atoms with E-state index < -0.39 is 10.0 Å². The third-order valence-electron chi connectivity index (χ3n) is 4.43. The molecule has 6 heteroatoms. The van der Waals surface area contributed by atoms with Crippen LogP contribution in [0.3, 0.4) is 0 Å². The number of benzene rings is 1. The minimum absolute atomic E-state index is 0.175. The second kappa shape index (κ2) is 6.45. The molecule has 3 rings (SSSR count). The van der Waals surface area contributed by atoms with Crippen molar-refractivity contribution in [3.63, 3.8) is 0 Å². The van der Waals surface area contributed by atoms with Crippen molar-refractivity contribution >= 4 is 10.0 Å². The van der Waals surface area contributed by atoms with Gasteiger partial charge in [0, 0.05) is 37.4 Å². The van der Waals surface area contributed by atoms with Gasteiger partial charge >= 0.3 is 0 Å². The molecule has 0 N–H and O–H groups in total. The van der Waals surface area contributed by atoms with E-state index in [1.165, 1.54) is 0 Å².